The second kappa shape index (κ2) is 8.38. The van der Waals surface area contributed by atoms with Crippen LogP contribution in [0.5, 0.6) is 0 Å². The Bertz CT molecular complexity index is 936. The number of benzene rings is 2. The van der Waals surface area contributed by atoms with Crippen LogP contribution in [-0.4, -0.2) is 35.0 Å². The quantitative estimate of drug-likeness (QED) is 0.583. The van der Waals surface area contributed by atoms with Crippen molar-refractivity contribution in [3.63, 3.8) is 0 Å². The van der Waals surface area contributed by atoms with Crippen LogP contribution in [0.3, 0.4) is 0 Å². The molecule has 0 spiro atoms. The predicted molar refractivity (Wildman–Crippen MR) is 105 cm³/mol. The monoisotopic (exact) mass is 406 g/mol. The van der Waals surface area contributed by atoms with Crippen LogP contribution in [0.1, 0.15) is 5.56 Å². The molecular weight excluding hydrogens is 387 g/mol. The molecule has 0 amide bonds. The summed E-state index contributed by atoms with van der Waals surface area (Å²) < 4.78 is 24.0. The standard InChI is InChI=1S/C19H20ClN2O4P/c1-25-27(24,26-2)18(23)12-15-13-22(17-6-4-3-5-7-17)21-19(15)14-8-10-16(20)11-9-14/h3-11,13,18,23H,12H2,1-2H3. The van der Waals surface area contributed by atoms with Crippen LogP contribution in [0, 0.1) is 0 Å². The Morgan fingerprint density at radius 2 is 1.74 bits per heavy atom. The van der Waals surface area contributed by atoms with E-state index in [1.54, 1.807) is 23.0 Å². The Hall–Kier alpha value is -1.95. The second-order valence-corrected chi connectivity index (χ2v) is 8.72. The fraction of sp³-hybridized carbons (Fsp3) is 0.211. The molecule has 27 heavy (non-hydrogen) atoms. The minimum Gasteiger partial charge on any atom is -0.380 e. The van der Waals surface area contributed by atoms with Gasteiger partial charge in [0, 0.05) is 43.0 Å². The molecule has 6 nitrogen and oxygen atoms in total. The molecule has 0 aliphatic carbocycles. The highest BCUT2D eigenvalue weighted by Crippen LogP contribution is 2.51. The van der Waals surface area contributed by atoms with Gasteiger partial charge in [-0.15, -0.1) is 0 Å². The highest BCUT2D eigenvalue weighted by molar-refractivity contribution is 7.54. The summed E-state index contributed by atoms with van der Waals surface area (Å²) in [5, 5.41) is 15.7. The van der Waals surface area contributed by atoms with Crippen LogP contribution in [0.4, 0.5) is 0 Å². The lowest BCUT2D eigenvalue weighted by Gasteiger charge is -2.19. The number of aromatic nitrogens is 2. The Balaban J connectivity index is 2.04. The van der Waals surface area contributed by atoms with Crippen LogP contribution in [0.15, 0.2) is 60.8 Å². The van der Waals surface area contributed by atoms with Crippen molar-refractivity contribution in [1.29, 1.82) is 0 Å². The highest BCUT2D eigenvalue weighted by atomic mass is 35.5. The fourth-order valence-electron chi connectivity index (χ4n) is 2.75. The third kappa shape index (κ3) is 4.32. The van der Waals surface area contributed by atoms with Gasteiger partial charge in [-0.2, -0.15) is 5.10 Å². The number of aliphatic hydroxyl groups excluding tert-OH is 1. The SMILES string of the molecule is COP(=O)(OC)C(O)Cc1cn(-c2ccccc2)nc1-c1ccc(Cl)cc1. The lowest BCUT2D eigenvalue weighted by atomic mass is 10.1. The first-order valence-electron chi connectivity index (χ1n) is 8.26. The molecule has 3 rings (SSSR count). The molecule has 2 aromatic carbocycles. The van der Waals surface area contributed by atoms with Crippen LogP contribution >= 0.6 is 19.2 Å². The summed E-state index contributed by atoms with van der Waals surface area (Å²) >= 11 is 5.99. The first-order valence-corrected chi connectivity index (χ1v) is 10.2. The smallest absolute Gasteiger partial charge is 0.358 e. The predicted octanol–water partition coefficient (Wildman–Crippen LogP) is 4.54. The van der Waals surface area contributed by atoms with Crippen molar-refractivity contribution < 1.29 is 18.7 Å². The van der Waals surface area contributed by atoms with E-state index in [-0.39, 0.29) is 6.42 Å². The summed E-state index contributed by atoms with van der Waals surface area (Å²) in [5.41, 5.74) is 3.08. The minimum absolute atomic E-state index is 0.0593. The number of aliphatic hydroxyl groups is 1. The van der Waals surface area contributed by atoms with Crippen LogP contribution < -0.4 is 0 Å². The number of hydrogen-bond acceptors (Lipinski definition) is 5. The maximum atomic E-state index is 12.5. The maximum absolute atomic E-state index is 12.5. The van der Waals surface area contributed by atoms with Crippen molar-refractivity contribution in [3.05, 3.63) is 71.4 Å². The van der Waals surface area contributed by atoms with Gasteiger partial charge in [-0.05, 0) is 24.3 Å². The molecule has 0 radical (unpaired) electrons. The van der Waals surface area contributed by atoms with Crippen molar-refractivity contribution in [2.75, 3.05) is 14.2 Å². The lowest BCUT2D eigenvalue weighted by molar-refractivity contribution is 0.174. The van der Waals surface area contributed by atoms with E-state index in [4.69, 9.17) is 20.6 Å². The van der Waals surface area contributed by atoms with Crippen molar-refractivity contribution >= 4 is 19.2 Å². The molecule has 1 heterocycles. The average molecular weight is 407 g/mol. The van der Waals surface area contributed by atoms with Gasteiger partial charge in [0.05, 0.1) is 11.4 Å². The molecule has 1 aromatic heterocycles. The summed E-state index contributed by atoms with van der Waals surface area (Å²) in [5.74, 6) is -1.31. The number of nitrogens with zero attached hydrogens (tertiary/aromatic N) is 2. The molecule has 8 heteroatoms. The van der Waals surface area contributed by atoms with Gasteiger partial charge in [0.15, 0.2) is 5.85 Å². The van der Waals surface area contributed by atoms with Crippen molar-refractivity contribution in [2.45, 2.75) is 12.3 Å². The molecule has 3 aromatic rings. The molecule has 0 saturated heterocycles. The van der Waals surface area contributed by atoms with Gasteiger partial charge in [-0.25, -0.2) is 4.68 Å². The number of halogens is 1. The van der Waals surface area contributed by atoms with Crippen molar-refractivity contribution in [1.82, 2.24) is 9.78 Å². The van der Waals surface area contributed by atoms with Crippen LogP contribution in [0.2, 0.25) is 5.02 Å². The molecule has 0 saturated carbocycles. The van der Waals surface area contributed by atoms with Gasteiger partial charge in [-0.3, -0.25) is 4.57 Å². The zero-order valence-corrected chi connectivity index (χ0v) is 16.6. The number of para-hydroxylation sites is 1. The normalized spacial score (nSPS) is 12.9. The zero-order chi connectivity index (χ0) is 19.4. The van der Waals surface area contributed by atoms with Gasteiger partial charge in [-0.1, -0.05) is 41.9 Å². The van der Waals surface area contributed by atoms with Gasteiger partial charge in [0.1, 0.15) is 0 Å². The molecule has 0 fully saturated rings. The Labute approximate surface area is 162 Å². The Morgan fingerprint density at radius 3 is 2.33 bits per heavy atom. The highest BCUT2D eigenvalue weighted by Gasteiger charge is 2.33. The first kappa shape index (κ1) is 19.8. The summed E-state index contributed by atoms with van der Waals surface area (Å²) in [7, 11) is -1.12. The molecule has 0 aliphatic rings. The van der Waals surface area contributed by atoms with E-state index in [1.807, 2.05) is 42.5 Å². The van der Waals surface area contributed by atoms with Gasteiger partial charge in [0.25, 0.3) is 0 Å². The zero-order valence-electron chi connectivity index (χ0n) is 14.9. The molecule has 1 unspecified atom stereocenters. The minimum atomic E-state index is -3.62. The molecule has 0 bridgehead atoms. The third-order valence-corrected chi connectivity index (χ3v) is 6.39. The number of hydrogen-bond donors (Lipinski definition) is 1. The van der Waals surface area contributed by atoms with E-state index in [9.17, 15) is 9.67 Å². The van der Waals surface area contributed by atoms with E-state index in [0.717, 1.165) is 11.3 Å². The van der Waals surface area contributed by atoms with Crippen LogP contribution in [0.25, 0.3) is 16.9 Å². The van der Waals surface area contributed by atoms with E-state index in [1.165, 1.54) is 14.2 Å². The molecule has 142 valence electrons. The lowest BCUT2D eigenvalue weighted by Crippen LogP contribution is -2.13. The van der Waals surface area contributed by atoms with Crippen molar-refractivity contribution in [2.24, 2.45) is 0 Å². The average Bonchev–Trinajstić information content (AvgIpc) is 3.12. The summed E-state index contributed by atoms with van der Waals surface area (Å²) in [4.78, 5) is 0. The van der Waals surface area contributed by atoms with Crippen molar-refractivity contribution in [3.8, 4) is 16.9 Å². The first-order chi connectivity index (χ1) is 13.0. The molecular formula is C19H20ClN2O4P. The van der Waals surface area contributed by atoms with E-state index in [0.29, 0.717) is 16.3 Å². The van der Waals surface area contributed by atoms with Gasteiger partial charge >= 0.3 is 7.60 Å². The molecule has 1 N–H and O–H groups in total. The fourth-order valence-corrected chi connectivity index (χ4v) is 3.93. The Kier molecular flexibility index (Phi) is 6.15. The van der Waals surface area contributed by atoms with E-state index in [2.05, 4.69) is 5.10 Å². The topological polar surface area (TPSA) is 73.6 Å². The summed E-state index contributed by atoms with van der Waals surface area (Å²) in [6.07, 6.45) is 1.86. The number of rotatable bonds is 7. The van der Waals surface area contributed by atoms with E-state index < -0.39 is 13.4 Å². The Morgan fingerprint density at radius 1 is 1.11 bits per heavy atom. The van der Waals surface area contributed by atoms with Crippen LogP contribution in [-0.2, 0) is 20.0 Å². The maximum Gasteiger partial charge on any atom is 0.358 e. The second-order valence-electron chi connectivity index (χ2n) is 5.88. The molecule has 0 aliphatic heterocycles. The summed E-state index contributed by atoms with van der Waals surface area (Å²) in [6, 6.07) is 16.8. The van der Waals surface area contributed by atoms with E-state index >= 15 is 0 Å². The van der Waals surface area contributed by atoms with Gasteiger partial charge < -0.3 is 14.2 Å². The molecule has 1 atom stereocenters. The van der Waals surface area contributed by atoms with Gasteiger partial charge in [0.2, 0.25) is 0 Å². The third-order valence-electron chi connectivity index (χ3n) is 4.20. The largest absolute Gasteiger partial charge is 0.380 e. The summed E-state index contributed by atoms with van der Waals surface area (Å²) in [6.45, 7) is 0.